The van der Waals surface area contributed by atoms with Crippen LogP contribution in [0.3, 0.4) is 0 Å². The zero-order chi connectivity index (χ0) is 16.4. The van der Waals surface area contributed by atoms with Gasteiger partial charge in [-0.2, -0.15) is 0 Å². The van der Waals surface area contributed by atoms with Crippen LogP contribution in [0.25, 0.3) is 11.1 Å². The topological polar surface area (TPSA) is 70.5 Å². The Bertz CT molecular complexity index is 771. The van der Waals surface area contributed by atoms with Crippen molar-refractivity contribution in [1.29, 1.82) is 0 Å². The molecule has 23 heavy (non-hydrogen) atoms. The molecule has 1 amide bonds. The van der Waals surface area contributed by atoms with Crippen LogP contribution >= 0.6 is 0 Å². The molecule has 5 heteroatoms. The molecule has 1 aromatic carbocycles. The third kappa shape index (κ3) is 3.14. The zero-order valence-electron chi connectivity index (χ0n) is 13.0. The predicted molar refractivity (Wildman–Crippen MR) is 87.2 cm³/mol. The third-order valence-corrected chi connectivity index (χ3v) is 4.13. The lowest BCUT2D eigenvalue weighted by Gasteiger charge is -2.26. The van der Waals surface area contributed by atoms with Crippen molar-refractivity contribution in [3.05, 3.63) is 47.8 Å². The standard InChI is InChI=1S/C18H18N2O3/c1-20-17-4-2-13(8-14(17)3-5-18(20)23)15-6-12(9-19-10-15)7-16(22)11-21/h2,4,6,8-10,21H,3,5,7,11H2,1H3. The van der Waals surface area contributed by atoms with E-state index in [1.807, 2.05) is 18.2 Å². The highest BCUT2D eigenvalue weighted by molar-refractivity contribution is 5.96. The fourth-order valence-electron chi connectivity index (χ4n) is 2.86. The number of rotatable bonds is 4. The van der Waals surface area contributed by atoms with Crippen LogP contribution in [0.5, 0.6) is 0 Å². The monoisotopic (exact) mass is 310 g/mol. The molecule has 1 aromatic heterocycles. The summed E-state index contributed by atoms with van der Waals surface area (Å²) in [6.07, 6.45) is 4.84. The van der Waals surface area contributed by atoms with Crippen LogP contribution < -0.4 is 4.90 Å². The van der Waals surface area contributed by atoms with Gasteiger partial charge in [-0.15, -0.1) is 0 Å². The minimum atomic E-state index is -0.455. The molecule has 0 radical (unpaired) electrons. The Hall–Kier alpha value is -2.53. The molecule has 0 fully saturated rings. The van der Waals surface area contributed by atoms with E-state index in [-0.39, 0.29) is 18.1 Å². The predicted octanol–water partition coefficient (Wildman–Crippen LogP) is 1.76. The maximum absolute atomic E-state index is 11.8. The van der Waals surface area contributed by atoms with Gasteiger partial charge in [0, 0.05) is 43.5 Å². The number of pyridine rings is 1. The van der Waals surface area contributed by atoms with Gasteiger partial charge in [0.2, 0.25) is 5.91 Å². The number of anilines is 1. The maximum Gasteiger partial charge on any atom is 0.227 e. The molecule has 2 aromatic rings. The van der Waals surface area contributed by atoms with E-state index in [0.717, 1.165) is 34.4 Å². The molecule has 1 aliphatic heterocycles. The number of benzene rings is 1. The highest BCUT2D eigenvalue weighted by Crippen LogP contribution is 2.31. The lowest BCUT2D eigenvalue weighted by atomic mass is 9.96. The number of ketones is 1. The quantitative estimate of drug-likeness (QED) is 0.934. The summed E-state index contributed by atoms with van der Waals surface area (Å²) in [5.74, 6) is -0.0917. The summed E-state index contributed by atoms with van der Waals surface area (Å²) < 4.78 is 0. The summed E-state index contributed by atoms with van der Waals surface area (Å²) >= 11 is 0. The number of aliphatic hydroxyl groups excluding tert-OH is 1. The number of hydrogen-bond acceptors (Lipinski definition) is 4. The van der Waals surface area contributed by atoms with Gasteiger partial charge in [-0.05, 0) is 41.3 Å². The molecule has 118 valence electrons. The van der Waals surface area contributed by atoms with Crippen molar-refractivity contribution in [2.75, 3.05) is 18.6 Å². The van der Waals surface area contributed by atoms with Gasteiger partial charge in [0.1, 0.15) is 6.61 Å². The Morgan fingerprint density at radius 3 is 2.83 bits per heavy atom. The molecule has 0 spiro atoms. The fraction of sp³-hybridized carbons (Fsp3) is 0.278. The second-order valence-electron chi connectivity index (χ2n) is 5.75. The molecular weight excluding hydrogens is 292 g/mol. The van der Waals surface area contributed by atoms with E-state index in [1.165, 1.54) is 0 Å². The van der Waals surface area contributed by atoms with Crippen LogP contribution in [0.2, 0.25) is 0 Å². The van der Waals surface area contributed by atoms with E-state index in [2.05, 4.69) is 11.1 Å². The Morgan fingerprint density at radius 1 is 1.22 bits per heavy atom. The average molecular weight is 310 g/mol. The normalized spacial score (nSPS) is 13.8. The molecule has 0 atom stereocenters. The van der Waals surface area contributed by atoms with Gasteiger partial charge in [0.05, 0.1) is 0 Å². The summed E-state index contributed by atoms with van der Waals surface area (Å²) in [4.78, 5) is 29.0. The number of aliphatic hydroxyl groups is 1. The number of carbonyl (C=O) groups is 2. The summed E-state index contributed by atoms with van der Waals surface area (Å²) in [6, 6.07) is 7.91. The van der Waals surface area contributed by atoms with E-state index >= 15 is 0 Å². The van der Waals surface area contributed by atoms with Crippen LogP contribution in [-0.2, 0) is 22.4 Å². The van der Waals surface area contributed by atoms with Crippen LogP contribution in [-0.4, -0.2) is 35.4 Å². The molecule has 0 aliphatic carbocycles. The number of hydrogen-bond donors (Lipinski definition) is 1. The molecule has 0 saturated carbocycles. The van der Waals surface area contributed by atoms with Gasteiger partial charge in [-0.3, -0.25) is 14.6 Å². The first kappa shape index (κ1) is 15.4. The third-order valence-electron chi connectivity index (χ3n) is 4.13. The van der Waals surface area contributed by atoms with Gasteiger partial charge < -0.3 is 10.0 Å². The second-order valence-corrected chi connectivity index (χ2v) is 5.75. The van der Waals surface area contributed by atoms with Crippen LogP contribution in [0.4, 0.5) is 5.69 Å². The lowest BCUT2D eigenvalue weighted by Crippen LogP contribution is -2.30. The fourth-order valence-corrected chi connectivity index (χ4v) is 2.86. The Morgan fingerprint density at radius 2 is 2.04 bits per heavy atom. The number of fused-ring (bicyclic) bond motifs is 1. The number of aryl methyl sites for hydroxylation is 1. The molecule has 2 heterocycles. The highest BCUT2D eigenvalue weighted by atomic mass is 16.3. The summed E-state index contributed by atoms with van der Waals surface area (Å²) in [5, 5.41) is 8.86. The number of amides is 1. The minimum Gasteiger partial charge on any atom is -0.389 e. The van der Waals surface area contributed by atoms with Crippen molar-refractivity contribution in [1.82, 2.24) is 4.98 Å². The van der Waals surface area contributed by atoms with Crippen molar-refractivity contribution >= 4 is 17.4 Å². The molecule has 0 saturated heterocycles. The average Bonchev–Trinajstić information content (AvgIpc) is 2.58. The van der Waals surface area contributed by atoms with Crippen LogP contribution in [0.15, 0.2) is 36.7 Å². The molecule has 5 nitrogen and oxygen atoms in total. The van der Waals surface area contributed by atoms with Crippen molar-refractivity contribution in [2.24, 2.45) is 0 Å². The van der Waals surface area contributed by atoms with E-state index in [4.69, 9.17) is 5.11 Å². The Balaban J connectivity index is 1.92. The van der Waals surface area contributed by atoms with E-state index in [0.29, 0.717) is 6.42 Å². The lowest BCUT2D eigenvalue weighted by molar-refractivity contribution is -0.121. The summed E-state index contributed by atoms with van der Waals surface area (Å²) in [7, 11) is 1.79. The van der Waals surface area contributed by atoms with Gasteiger partial charge >= 0.3 is 0 Å². The van der Waals surface area contributed by atoms with Gasteiger partial charge in [-0.1, -0.05) is 6.07 Å². The largest absolute Gasteiger partial charge is 0.389 e. The molecule has 3 rings (SSSR count). The second kappa shape index (κ2) is 6.30. The molecule has 0 unspecified atom stereocenters. The van der Waals surface area contributed by atoms with Crippen molar-refractivity contribution < 1.29 is 14.7 Å². The molecule has 1 aliphatic rings. The molecule has 0 bridgehead atoms. The first-order valence-corrected chi connectivity index (χ1v) is 7.55. The number of aromatic nitrogens is 1. The van der Waals surface area contributed by atoms with Crippen molar-refractivity contribution in [2.45, 2.75) is 19.3 Å². The Labute approximate surface area is 134 Å². The number of Topliss-reactive ketones (excluding diaryl/α,β-unsaturated/α-hetero) is 1. The van der Waals surface area contributed by atoms with Crippen molar-refractivity contribution in [3.63, 3.8) is 0 Å². The molecular formula is C18H18N2O3. The van der Waals surface area contributed by atoms with E-state index in [1.54, 1.807) is 24.3 Å². The summed E-state index contributed by atoms with van der Waals surface area (Å²) in [6.45, 7) is -0.455. The SMILES string of the molecule is CN1C(=O)CCc2cc(-c3cncc(CC(=O)CO)c3)ccc21. The number of carbonyl (C=O) groups excluding carboxylic acids is 2. The van der Waals surface area contributed by atoms with E-state index in [9.17, 15) is 9.59 Å². The summed E-state index contributed by atoms with van der Waals surface area (Å²) in [5.41, 5.74) is 4.81. The van der Waals surface area contributed by atoms with Crippen LogP contribution in [0.1, 0.15) is 17.5 Å². The van der Waals surface area contributed by atoms with Gasteiger partial charge in [0.25, 0.3) is 0 Å². The molecule has 1 N–H and O–H groups in total. The highest BCUT2D eigenvalue weighted by Gasteiger charge is 2.21. The number of nitrogens with zero attached hydrogens (tertiary/aromatic N) is 2. The van der Waals surface area contributed by atoms with Crippen molar-refractivity contribution in [3.8, 4) is 11.1 Å². The van der Waals surface area contributed by atoms with Gasteiger partial charge in [0.15, 0.2) is 5.78 Å². The van der Waals surface area contributed by atoms with Crippen LogP contribution in [0, 0.1) is 0 Å². The zero-order valence-corrected chi connectivity index (χ0v) is 13.0. The minimum absolute atomic E-state index is 0.136. The maximum atomic E-state index is 11.8. The first-order valence-electron chi connectivity index (χ1n) is 7.55. The smallest absolute Gasteiger partial charge is 0.227 e. The van der Waals surface area contributed by atoms with E-state index < -0.39 is 6.61 Å². The first-order chi connectivity index (χ1) is 11.1. The Kier molecular flexibility index (Phi) is 4.21. The van der Waals surface area contributed by atoms with Gasteiger partial charge in [-0.25, -0.2) is 0 Å².